The summed E-state index contributed by atoms with van der Waals surface area (Å²) in [4.78, 5) is 26.0. The molecule has 1 aromatic rings. The summed E-state index contributed by atoms with van der Waals surface area (Å²) in [6, 6.07) is 1.28. The van der Waals surface area contributed by atoms with Crippen molar-refractivity contribution in [2.24, 2.45) is 0 Å². The van der Waals surface area contributed by atoms with Crippen molar-refractivity contribution in [2.75, 3.05) is 0 Å². The van der Waals surface area contributed by atoms with Crippen molar-refractivity contribution in [3.8, 4) is 0 Å². The van der Waals surface area contributed by atoms with Gasteiger partial charge in [0, 0.05) is 24.6 Å². The SMILES string of the molecule is CC(=O)c1cc(=O)c(B2OC(C)(C)C(C)(C)O2)c[nH]1. The van der Waals surface area contributed by atoms with Crippen LogP contribution < -0.4 is 10.9 Å². The number of hydrogen-bond acceptors (Lipinski definition) is 4. The van der Waals surface area contributed by atoms with Crippen LogP contribution in [-0.2, 0) is 9.31 Å². The molecule has 0 atom stereocenters. The third kappa shape index (κ3) is 2.38. The minimum Gasteiger partial charge on any atom is -0.399 e. The largest absolute Gasteiger partial charge is 0.500 e. The minimum atomic E-state index is -0.713. The molecule has 0 spiro atoms. The van der Waals surface area contributed by atoms with E-state index in [4.69, 9.17) is 9.31 Å². The number of ketones is 1. The van der Waals surface area contributed by atoms with E-state index in [0.29, 0.717) is 5.46 Å². The average molecular weight is 263 g/mol. The summed E-state index contributed by atoms with van der Waals surface area (Å²) in [7, 11) is -0.713. The number of Topliss-reactive ketones (excluding diaryl/α,β-unsaturated/α-hetero) is 1. The predicted molar refractivity (Wildman–Crippen MR) is 72.8 cm³/mol. The van der Waals surface area contributed by atoms with Gasteiger partial charge in [0.1, 0.15) is 0 Å². The van der Waals surface area contributed by atoms with Crippen molar-refractivity contribution >= 4 is 18.4 Å². The fourth-order valence-electron chi connectivity index (χ4n) is 1.84. The molecule has 1 aliphatic heterocycles. The number of carbonyl (C=O) groups excluding carboxylic acids is 1. The summed E-state index contributed by atoms with van der Waals surface area (Å²) < 4.78 is 11.6. The normalized spacial score (nSPS) is 20.6. The third-order valence-electron chi connectivity index (χ3n) is 3.83. The number of nitrogens with one attached hydrogen (secondary N) is 1. The Hall–Kier alpha value is -1.40. The van der Waals surface area contributed by atoms with Gasteiger partial charge in [-0.15, -0.1) is 0 Å². The predicted octanol–water partition coefficient (Wildman–Crippen LogP) is 0.877. The van der Waals surface area contributed by atoms with Crippen molar-refractivity contribution in [1.82, 2.24) is 4.98 Å². The lowest BCUT2D eigenvalue weighted by molar-refractivity contribution is 0.00578. The number of hydrogen-bond donors (Lipinski definition) is 1. The number of H-pyrrole nitrogens is 1. The lowest BCUT2D eigenvalue weighted by Gasteiger charge is -2.32. The fourth-order valence-corrected chi connectivity index (χ4v) is 1.84. The molecular formula is C13H18BNO4. The highest BCUT2D eigenvalue weighted by molar-refractivity contribution is 6.61. The average Bonchev–Trinajstić information content (AvgIpc) is 2.47. The highest BCUT2D eigenvalue weighted by Gasteiger charge is 2.52. The first-order chi connectivity index (χ1) is 8.64. The highest BCUT2D eigenvalue weighted by Crippen LogP contribution is 2.36. The Morgan fingerprint density at radius 2 is 1.74 bits per heavy atom. The molecule has 5 nitrogen and oxygen atoms in total. The van der Waals surface area contributed by atoms with Gasteiger partial charge in [-0.1, -0.05) is 0 Å². The molecule has 19 heavy (non-hydrogen) atoms. The van der Waals surface area contributed by atoms with Gasteiger partial charge in [0.15, 0.2) is 11.2 Å². The maximum absolute atomic E-state index is 12.0. The Bertz CT molecular complexity index is 560. The maximum atomic E-state index is 12.0. The van der Waals surface area contributed by atoms with Gasteiger partial charge in [0.05, 0.1) is 16.9 Å². The van der Waals surface area contributed by atoms with Gasteiger partial charge in [0.25, 0.3) is 0 Å². The van der Waals surface area contributed by atoms with Crippen LogP contribution in [0.3, 0.4) is 0 Å². The zero-order chi connectivity index (χ0) is 14.4. The van der Waals surface area contributed by atoms with Crippen LogP contribution in [0.1, 0.15) is 45.1 Å². The Morgan fingerprint density at radius 1 is 1.21 bits per heavy atom. The molecule has 0 saturated carbocycles. The number of aromatic amines is 1. The second-order valence-electron chi connectivity index (χ2n) is 5.81. The molecule has 2 heterocycles. The third-order valence-corrected chi connectivity index (χ3v) is 3.83. The summed E-state index contributed by atoms with van der Waals surface area (Å²) in [5, 5.41) is 0. The number of rotatable bonds is 2. The van der Waals surface area contributed by atoms with Crippen molar-refractivity contribution in [2.45, 2.75) is 45.8 Å². The highest BCUT2D eigenvalue weighted by atomic mass is 16.7. The van der Waals surface area contributed by atoms with Gasteiger partial charge in [-0.25, -0.2) is 0 Å². The van der Waals surface area contributed by atoms with Crippen LogP contribution in [0.4, 0.5) is 0 Å². The quantitative estimate of drug-likeness (QED) is 0.635. The molecule has 0 aliphatic carbocycles. The first-order valence-corrected chi connectivity index (χ1v) is 6.23. The Balaban J connectivity index is 2.36. The van der Waals surface area contributed by atoms with Gasteiger partial charge < -0.3 is 14.3 Å². The van der Waals surface area contributed by atoms with E-state index in [1.54, 1.807) is 0 Å². The second kappa shape index (κ2) is 4.32. The molecule has 1 aliphatic rings. The zero-order valence-corrected chi connectivity index (χ0v) is 11.9. The monoisotopic (exact) mass is 263 g/mol. The van der Waals surface area contributed by atoms with Gasteiger partial charge in [-0.05, 0) is 27.7 Å². The van der Waals surface area contributed by atoms with Crippen LogP contribution in [0.15, 0.2) is 17.1 Å². The van der Waals surface area contributed by atoms with E-state index in [1.165, 1.54) is 19.2 Å². The van der Waals surface area contributed by atoms with Crippen molar-refractivity contribution in [1.29, 1.82) is 0 Å². The van der Waals surface area contributed by atoms with Crippen molar-refractivity contribution in [3.05, 3.63) is 28.2 Å². The molecule has 0 aromatic carbocycles. The van der Waals surface area contributed by atoms with Crippen LogP contribution in [0.2, 0.25) is 0 Å². The van der Waals surface area contributed by atoms with E-state index in [0.717, 1.165) is 0 Å². The van der Waals surface area contributed by atoms with Crippen molar-refractivity contribution < 1.29 is 14.1 Å². The molecule has 0 bridgehead atoms. The van der Waals surface area contributed by atoms with Crippen LogP contribution in [0.5, 0.6) is 0 Å². The summed E-state index contributed by atoms with van der Waals surface area (Å²) in [5.74, 6) is -0.183. The summed E-state index contributed by atoms with van der Waals surface area (Å²) >= 11 is 0. The number of carbonyl (C=O) groups is 1. The zero-order valence-electron chi connectivity index (χ0n) is 11.9. The maximum Gasteiger partial charge on any atom is 0.500 e. The van der Waals surface area contributed by atoms with E-state index in [9.17, 15) is 9.59 Å². The molecule has 1 aromatic heterocycles. The molecule has 102 valence electrons. The smallest absolute Gasteiger partial charge is 0.399 e. The van der Waals surface area contributed by atoms with Crippen LogP contribution in [-0.4, -0.2) is 29.1 Å². The number of pyridine rings is 1. The summed E-state index contributed by atoms with van der Waals surface area (Å²) in [6.07, 6.45) is 1.49. The molecule has 0 amide bonds. The standard InChI is InChI=1S/C13H18BNO4/c1-8(16)10-6-11(17)9(7-15-10)14-18-12(2,3)13(4,5)19-14/h6-7H,1-5H3,(H,15,17). The minimum absolute atomic E-state index is 0.183. The molecule has 6 heteroatoms. The summed E-state index contributed by atoms with van der Waals surface area (Å²) in [6.45, 7) is 9.09. The second-order valence-corrected chi connectivity index (χ2v) is 5.81. The molecule has 1 saturated heterocycles. The van der Waals surface area contributed by atoms with E-state index in [-0.39, 0.29) is 16.9 Å². The van der Waals surface area contributed by atoms with E-state index >= 15 is 0 Å². The Morgan fingerprint density at radius 3 is 2.16 bits per heavy atom. The van der Waals surface area contributed by atoms with Gasteiger partial charge in [0.2, 0.25) is 0 Å². The molecular weight excluding hydrogens is 245 g/mol. The molecule has 2 rings (SSSR count). The van der Waals surface area contributed by atoms with Crippen LogP contribution in [0.25, 0.3) is 0 Å². The van der Waals surface area contributed by atoms with Crippen LogP contribution >= 0.6 is 0 Å². The topological polar surface area (TPSA) is 68.4 Å². The molecule has 1 N–H and O–H groups in total. The van der Waals surface area contributed by atoms with E-state index in [1.807, 2.05) is 27.7 Å². The first kappa shape index (κ1) is 14.0. The summed E-state index contributed by atoms with van der Waals surface area (Å²) in [5.41, 5.74) is -0.594. The van der Waals surface area contributed by atoms with E-state index in [2.05, 4.69) is 4.98 Å². The molecule has 0 unspecified atom stereocenters. The lowest BCUT2D eigenvalue weighted by Crippen LogP contribution is -2.44. The fraction of sp³-hybridized carbons (Fsp3) is 0.538. The van der Waals surface area contributed by atoms with Gasteiger partial charge in [-0.3, -0.25) is 9.59 Å². The Kier molecular flexibility index (Phi) is 3.19. The van der Waals surface area contributed by atoms with E-state index < -0.39 is 18.3 Å². The Labute approximate surface area is 112 Å². The molecule has 0 radical (unpaired) electrons. The van der Waals surface area contributed by atoms with Gasteiger partial charge >= 0.3 is 7.12 Å². The first-order valence-electron chi connectivity index (χ1n) is 6.23. The lowest BCUT2D eigenvalue weighted by atomic mass is 9.80. The molecule has 1 fully saturated rings. The number of aromatic nitrogens is 1. The van der Waals surface area contributed by atoms with Gasteiger partial charge in [-0.2, -0.15) is 0 Å². The van der Waals surface area contributed by atoms with Crippen LogP contribution in [0, 0.1) is 0 Å². The van der Waals surface area contributed by atoms with Crippen molar-refractivity contribution in [3.63, 3.8) is 0 Å².